The first kappa shape index (κ1) is 21.0. The molecule has 1 amide bonds. The molecule has 0 unspecified atom stereocenters. The van der Waals surface area contributed by atoms with Crippen molar-refractivity contribution in [1.82, 2.24) is 24.3 Å². The number of benzene rings is 1. The van der Waals surface area contributed by atoms with E-state index in [1.54, 1.807) is 23.5 Å². The summed E-state index contributed by atoms with van der Waals surface area (Å²) in [6.07, 6.45) is 4.75. The summed E-state index contributed by atoms with van der Waals surface area (Å²) >= 11 is 0. The Morgan fingerprint density at radius 2 is 1.97 bits per heavy atom. The lowest BCUT2D eigenvalue weighted by molar-refractivity contribution is -0.145. The normalized spacial score (nSPS) is 18.6. The lowest BCUT2D eigenvalue weighted by Gasteiger charge is -2.23. The summed E-state index contributed by atoms with van der Waals surface area (Å²) in [7, 11) is 5.25. The minimum atomic E-state index is -0.593. The van der Waals surface area contributed by atoms with Gasteiger partial charge in [0.25, 0.3) is 5.91 Å². The van der Waals surface area contributed by atoms with Crippen LogP contribution in [-0.2, 0) is 22.5 Å². The first-order valence-corrected chi connectivity index (χ1v) is 10.4. The van der Waals surface area contributed by atoms with Crippen LogP contribution in [0.3, 0.4) is 0 Å². The molecule has 0 N–H and O–H groups in total. The SMILES string of the molecule is COC(=O)[C@@H]1C[C@@H](N(C)C)CN1C(=O)c1cnc2c(c1)ncn2CCc1ccccc1. The number of esters is 1. The fourth-order valence-corrected chi connectivity index (χ4v) is 4.06. The summed E-state index contributed by atoms with van der Waals surface area (Å²) in [6, 6.07) is 11.5. The second kappa shape index (κ2) is 8.85. The van der Waals surface area contributed by atoms with E-state index in [1.165, 1.54) is 12.7 Å². The summed E-state index contributed by atoms with van der Waals surface area (Å²) in [4.78, 5) is 38.1. The molecule has 8 nitrogen and oxygen atoms in total. The van der Waals surface area contributed by atoms with Crippen LogP contribution in [0.5, 0.6) is 0 Å². The number of fused-ring (bicyclic) bond motifs is 1. The monoisotopic (exact) mass is 421 g/mol. The summed E-state index contributed by atoms with van der Waals surface area (Å²) in [5, 5.41) is 0. The van der Waals surface area contributed by atoms with E-state index in [2.05, 4.69) is 22.1 Å². The fourth-order valence-electron chi connectivity index (χ4n) is 4.06. The second-order valence-corrected chi connectivity index (χ2v) is 8.09. The molecule has 1 aliphatic rings. The topological polar surface area (TPSA) is 80.6 Å². The number of amides is 1. The first-order chi connectivity index (χ1) is 15.0. The van der Waals surface area contributed by atoms with E-state index in [9.17, 15) is 9.59 Å². The fraction of sp³-hybridized carbons (Fsp3) is 0.391. The van der Waals surface area contributed by atoms with Crippen molar-refractivity contribution in [3.63, 3.8) is 0 Å². The van der Waals surface area contributed by atoms with E-state index in [1.807, 2.05) is 41.8 Å². The van der Waals surface area contributed by atoms with Gasteiger partial charge >= 0.3 is 5.97 Å². The standard InChI is InChI=1S/C23H27N5O3/c1-26(2)18-12-20(23(30)31-3)28(14-18)22(29)17-11-19-21(24-13-17)27(15-25-19)10-9-16-7-5-4-6-8-16/h4-8,11,13,15,18,20H,9-10,12,14H2,1-3H3/t18-,20+/m1/s1. The Morgan fingerprint density at radius 3 is 2.68 bits per heavy atom. The number of imidazole rings is 1. The van der Waals surface area contributed by atoms with Gasteiger partial charge in [-0.05, 0) is 38.6 Å². The van der Waals surface area contributed by atoms with Gasteiger partial charge in [-0.25, -0.2) is 14.8 Å². The number of pyridine rings is 1. The average Bonchev–Trinajstić information content (AvgIpc) is 3.42. The highest BCUT2D eigenvalue weighted by Gasteiger charge is 2.41. The molecular formula is C23H27N5O3. The molecule has 31 heavy (non-hydrogen) atoms. The van der Waals surface area contributed by atoms with E-state index in [0.29, 0.717) is 24.0 Å². The zero-order chi connectivity index (χ0) is 22.0. The molecular weight excluding hydrogens is 394 g/mol. The van der Waals surface area contributed by atoms with E-state index in [-0.39, 0.29) is 11.9 Å². The Bertz CT molecular complexity index is 1080. The molecule has 0 saturated carbocycles. The number of likely N-dealkylation sites (N-methyl/N-ethyl adjacent to an activating group) is 1. The summed E-state index contributed by atoms with van der Waals surface area (Å²) < 4.78 is 6.92. The largest absolute Gasteiger partial charge is 0.467 e. The second-order valence-electron chi connectivity index (χ2n) is 8.09. The number of likely N-dealkylation sites (tertiary alicyclic amines) is 1. The van der Waals surface area contributed by atoms with Gasteiger partial charge in [0.05, 0.1) is 19.0 Å². The molecule has 1 saturated heterocycles. The van der Waals surface area contributed by atoms with Gasteiger partial charge in [-0.3, -0.25) is 4.79 Å². The third-order valence-electron chi connectivity index (χ3n) is 5.93. The van der Waals surface area contributed by atoms with Gasteiger partial charge in [0.15, 0.2) is 5.65 Å². The quantitative estimate of drug-likeness (QED) is 0.567. The number of hydrogen-bond acceptors (Lipinski definition) is 6. The number of rotatable bonds is 6. The molecule has 0 spiro atoms. The molecule has 4 rings (SSSR count). The maximum atomic E-state index is 13.2. The van der Waals surface area contributed by atoms with Crippen molar-refractivity contribution in [3.05, 3.63) is 60.0 Å². The zero-order valence-electron chi connectivity index (χ0n) is 18.1. The zero-order valence-corrected chi connectivity index (χ0v) is 18.1. The minimum absolute atomic E-state index is 0.0990. The maximum Gasteiger partial charge on any atom is 0.328 e. The maximum absolute atomic E-state index is 13.2. The Balaban J connectivity index is 1.54. The number of methoxy groups -OCH3 is 1. The van der Waals surface area contributed by atoms with Crippen LogP contribution < -0.4 is 0 Å². The average molecular weight is 422 g/mol. The lowest BCUT2D eigenvalue weighted by Crippen LogP contribution is -2.41. The van der Waals surface area contributed by atoms with Crippen LogP contribution >= 0.6 is 0 Å². The molecule has 3 aromatic rings. The summed E-state index contributed by atoms with van der Waals surface area (Å²) in [5.41, 5.74) is 3.07. The van der Waals surface area contributed by atoms with Gasteiger partial charge in [-0.1, -0.05) is 30.3 Å². The van der Waals surface area contributed by atoms with Gasteiger partial charge in [0.1, 0.15) is 11.6 Å². The van der Waals surface area contributed by atoms with Crippen molar-refractivity contribution in [1.29, 1.82) is 0 Å². The number of carbonyl (C=O) groups is 2. The Morgan fingerprint density at radius 1 is 1.19 bits per heavy atom. The number of aromatic nitrogens is 3. The molecule has 162 valence electrons. The molecule has 0 bridgehead atoms. The highest BCUT2D eigenvalue weighted by atomic mass is 16.5. The summed E-state index contributed by atoms with van der Waals surface area (Å²) in [5.74, 6) is -0.620. The lowest BCUT2D eigenvalue weighted by atomic mass is 10.1. The number of hydrogen-bond donors (Lipinski definition) is 0. The van der Waals surface area contributed by atoms with Gasteiger partial charge in [0.2, 0.25) is 0 Å². The Hall–Kier alpha value is -3.26. The predicted molar refractivity (Wildman–Crippen MR) is 117 cm³/mol. The van der Waals surface area contributed by atoms with E-state index in [4.69, 9.17) is 4.74 Å². The number of ether oxygens (including phenoxy) is 1. The highest BCUT2D eigenvalue weighted by molar-refractivity contribution is 5.98. The number of aryl methyl sites for hydroxylation is 2. The van der Waals surface area contributed by atoms with Crippen LogP contribution in [0.4, 0.5) is 0 Å². The van der Waals surface area contributed by atoms with E-state index >= 15 is 0 Å². The van der Waals surface area contributed by atoms with Crippen LogP contribution in [0.15, 0.2) is 48.9 Å². The van der Waals surface area contributed by atoms with Gasteiger partial charge in [-0.2, -0.15) is 0 Å². The Labute approximate surface area is 181 Å². The van der Waals surface area contributed by atoms with E-state index < -0.39 is 12.0 Å². The Kier molecular flexibility index (Phi) is 5.99. The molecule has 1 aliphatic heterocycles. The first-order valence-electron chi connectivity index (χ1n) is 10.4. The van der Waals surface area contributed by atoms with Gasteiger partial charge in [-0.15, -0.1) is 0 Å². The smallest absolute Gasteiger partial charge is 0.328 e. The molecule has 3 heterocycles. The molecule has 2 atom stereocenters. The van der Waals surface area contributed by atoms with Crippen LogP contribution in [0.2, 0.25) is 0 Å². The predicted octanol–water partition coefficient (Wildman–Crippen LogP) is 1.99. The molecule has 2 aromatic heterocycles. The van der Waals surface area contributed by atoms with Crippen molar-refractivity contribution >= 4 is 23.0 Å². The van der Waals surface area contributed by atoms with Crippen molar-refractivity contribution < 1.29 is 14.3 Å². The van der Waals surface area contributed by atoms with E-state index in [0.717, 1.165) is 18.6 Å². The number of carbonyl (C=O) groups excluding carboxylic acids is 2. The molecule has 1 fully saturated rings. The number of nitrogens with zero attached hydrogens (tertiary/aromatic N) is 5. The van der Waals surface area contributed by atoms with Crippen LogP contribution in [0.1, 0.15) is 22.3 Å². The van der Waals surface area contributed by atoms with Crippen molar-refractivity contribution in [2.45, 2.75) is 31.5 Å². The molecule has 8 heteroatoms. The third kappa shape index (κ3) is 4.29. The van der Waals surface area contributed by atoms with Gasteiger partial charge in [0, 0.05) is 25.3 Å². The highest BCUT2D eigenvalue weighted by Crippen LogP contribution is 2.25. The van der Waals surface area contributed by atoms with Crippen molar-refractivity contribution in [2.75, 3.05) is 27.7 Å². The van der Waals surface area contributed by atoms with Crippen LogP contribution in [0.25, 0.3) is 11.2 Å². The third-order valence-corrected chi connectivity index (χ3v) is 5.93. The van der Waals surface area contributed by atoms with Crippen molar-refractivity contribution in [2.24, 2.45) is 0 Å². The van der Waals surface area contributed by atoms with Gasteiger partial charge < -0.3 is 19.1 Å². The van der Waals surface area contributed by atoms with Crippen molar-refractivity contribution in [3.8, 4) is 0 Å². The summed E-state index contributed by atoms with van der Waals surface area (Å²) in [6.45, 7) is 1.22. The minimum Gasteiger partial charge on any atom is -0.467 e. The van der Waals surface area contributed by atoms with Crippen LogP contribution in [0, 0.1) is 0 Å². The molecule has 1 aromatic carbocycles. The molecule has 0 radical (unpaired) electrons. The molecule has 0 aliphatic carbocycles. The van der Waals surface area contributed by atoms with Crippen LogP contribution in [-0.4, -0.2) is 76.0 Å².